The van der Waals surface area contributed by atoms with Crippen molar-refractivity contribution < 1.29 is 22.8 Å². The minimum Gasteiger partial charge on any atom is -0.375 e. The topological polar surface area (TPSA) is 70.2 Å². The van der Waals surface area contributed by atoms with Gasteiger partial charge in [-0.1, -0.05) is 25.4 Å². The fourth-order valence-electron chi connectivity index (χ4n) is 1.52. The predicted molar refractivity (Wildman–Crippen MR) is 81.3 cm³/mol. The van der Waals surface area contributed by atoms with Gasteiger partial charge in [-0.2, -0.15) is 13.2 Å². The largest absolute Gasteiger partial charge is 0.416 e. The van der Waals surface area contributed by atoms with Gasteiger partial charge in [0.2, 0.25) is 5.91 Å². The second-order valence-corrected chi connectivity index (χ2v) is 5.61. The van der Waals surface area contributed by atoms with Gasteiger partial charge in [-0.25, -0.2) is 4.79 Å². The van der Waals surface area contributed by atoms with Crippen molar-refractivity contribution in [1.82, 2.24) is 10.6 Å². The van der Waals surface area contributed by atoms with E-state index in [0.29, 0.717) is 6.54 Å². The van der Waals surface area contributed by atoms with Crippen LogP contribution in [0.3, 0.4) is 0 Å². The van der Waals surface area contributed by atoms with Gasteiger partial charge in [0.05, 0.1) is 22.8 Å². The summed E-state index contributed by atoms with van der Waals surface area (Å²) in [6, 6.07) is 2.10. The minimum atomic E-state index is -4.49. The first-order valence-electron chi connectivity index (χ1n) is 6.78. The highest BCUT2D eigenvalue weighted by molar-refractivity contribution is 6.33. The highest BCUT2D eigenvalue weighted by atomic mass is 35.5. The van der Waals surface area contributed by atoms with Crippen molar-refractivity contribution in [2.24, 2.45) is 5.92 Å². The number of alkyl halides is 3. The summed E-state index contributed by atoms with van der Waals surface area (Å²) < 4.78 is 37.5. The van der Waals surface area contributed by atoms with E-state index in [4.69, 9.17) is 11.6 Å². The van der Waals surface area contributed by atoms with Gasteiger partial charge in [0.15, 0.2) is 0 Å². The van der Waals surface area contributed by atoms with Crippen LogP contribution in [0, 0.1) is 5.92 Å². The number of halogens is 4. The fourth-order valence-corrected chi connectivity index (χ4v) is 1.77. The molecule has 0 saturated carbocycles. The maximum absolute atomic E-state index is 12.5. The zero-order chi connectivity index (χ0) is 17.6. The molecule has 0 aliphatic heterocycles. The molecule has 0 aliphatic rings. The molecule has 0 spiro atoms. The number of benzene rings is 1. The zero-order valence-corrected chi connectivity index (χ0v) is 13.3. The lowest BCUT2D eigenvalue weighted by atomic mass is 10.2. The zero-order valence-electron chi connectivity index (χ0n) is 12.6. The number of hydrogen-bond donors (Lipinski definition) is 3. The van der Waals surface area contributed by atoms with Crippen molar-refractivity contribution in [1.29, 1.82) is 0 Å². The van der Waals surface area contributed by atoms with E-state index >= 15 is 0 Å². The molecule has 1 aromatic carbocycles. The second-order valence-electron chi connectivity index (χ2n) is 5.20. The van der Waals surface area contributed by atoms with E-state index in [1.54, 1.807) is 0 Å². The van der Waals surface area contributed by atoms with Crippen LogP contribution in [0.2, 0.25) is 5.02 Å². The summed E-state index contributed by atoms with van der Waals surface area (Å²) in [6.07, 6.45) is -4.49. The van der Waals surface area contributed by atoms with E-state index in [0.717, 1.165) is 18.2 Å². The Morgan fingerprint density at radius 1 is 1.26 bits per heavy atom. The van der Waals surface area contributed by atoms with Crippen LogP contribution in [-0.2, 0) is 11.0 Å². The first-order chi connectivity index (χ1) is 10.6. The lowest BCUT2D eigenvalue weighted by Crippen LogP contribution is -2.43. The quantitative estimate of drug-likeness (QED) is 0.762. The van der Waals surface area contributed by atoms with Gasteiger partial charge in [0, 0.05) is 6.54 Å². The predicted octanol–water partition coefficient (Wildman–Crippen LogP) is 3.25. The third-order valence-electron chi connectivity index (χ3n) is 2.66. The SMILES string of the molecule is CC(C)CNC(=O)NC(=O)CNc1ccc(C(F)(F)F)cc1Cl. The molecule has 23 heavy (non-hydrogen) atoms. The number of carbonyl (C=O) groups is 2. The normalized spacial score (nSPS) is 11.3. The number of amides is 3. The third-order valence-corrected chi connectivity index (χ3v) is 2.97. The number of rotatable bonds is 5. The van der Waals surface area contributed by atoms with E-state index in [9.17, 15) is 22.8 Å². The molecule has 0 aliphatic carbocycles. The van der Waals surface area contributed by atoms with Crippen molar-refractivity contribution in [2.45, 2.75) is 20.0 Å². The Labute approximate surface area is 136 Å². The fraction of sp³-hybridized carbons (Fsp3) is 0.429. The van der Waals surface area contributed by atoms with Gasteiger partial charge in [-0.3, -0.25) is 10.1 Å². The Bertz CT molecular complexity index is 577. The second kappa shape index (κ2) is 8.05. The maximum atomic E-state index is 12.5. The van der Waals surface area contributed by atoms with E-state index in [1.807, 2.05) is 13.8 Å². The number of carbonyl (C=O) groups excluding carboxylic acids is 2. The van der Waals surface area contributed by atoms with Gasteiger partial charge in [-0.15, -0.1) is 0 Å². The summed E-state index contributed by atoms with van der Waals surface area (Å²) >= 11 is 5.74. The van der Waals surface area contributed by atoms with Gasteiger partial charge >= 0.3 is 12.2 Å². The molecule has 0 fully saturated rings. The summed E-state index contributed by atoms with van der Waals surface area (Å²) in [5.74, 6) is -0.401. The van der Waals surface area contributed by atoms with Gasteiger partial charge < -0.3 is 10.6 Å². The Kier molecular flexibility index (Phi) is 6.68. The van der Waals surface area contributed by atoms with Crippen LogP contribution >= 0.6 is 11.6 Å². The summed E-state index contributed by atoms with van der Waals surface area (Å²) in [5.41, 5.74) is -0.719. The van der Waals surface area contributed by atoms with Gasteiger partial charge in [0.1, 0.15) is 0 Å². The standard InChI is InChI=1S/C14H17ClF3N3O2/c1-8(2)6-20-13(23)21-12(22)7-19-11-4-3-9(5-10(11)15)14(16,17)18/h3-5,8,19H,6-7H2,1-2H3,(H2,20,21,22,23). The van der Waals surface area contributed by atoms with Gasteiger partial charge in [-0.05, 0) is 24.1 Å². The number of anilines is 1. The van der Waals surface area contributed by atoms with Crippen molar-refractivity contribution in [3.05, 3.63) is 28.8 Å². The molecule has 128 valence electrons. The molecule has 9 heteroatoms. The number of nitrogens with one attached hydrogen (secondary N) is 3. The average Bonchev–Trinajstić information content (AvgIpc) is 2.42. The summed E-state index contributed by atoms with van der Waals surface area (Å²) in [6.45, 7) is 3.91. The van der Waals surface area contributed by atoms with Crippen molar-refractivity contribution >= 4 is 29.2 Å². The van der Waals surface area contributed by atoms with E-state index in [-0.39, 0.29) is 23.2 Å². The summed E-state index contributed by atoms with van der Waals surface area (Å²) in [5, 5.41) is 6.98. The molecule has 0 radical (unpaired) electrons. The van der Waals surface area contributed by atoms with E-state index < -0.39 is 23.7 Å². The van der Waals surface area contributed by atoms with Crippen LogP contribution in [0.4, 0.5) is 23.7 Å². The first-order valence-corrected chi connectivity index (χ1v) is 7.15. The molecule has 0 unspecified atom stereocenters. The average molecular weight is 352 g/mol. The maximum Gasteiger partial charge on any atom is 0.416 e. The lowest BCUT2D eigenvalue weighted by molar-refractivity contribution is -0.137. The lowest BCUT2D eigenvalue weighted by Gasteiger charge is -2.12. The molecule has 3 N–H and O–H groups in total. The Hall–Kier alpha value is -1.96. The number of urea groups is 1. The van der Waals surface area contributed by atoms with E-state index in [1.165, 1.54) is 0 Å². The number of hydrogen-bond acceptors (Lipinski definition) is 3. The van der Waals surface area contributed by atoms with Crippen molar-refractivity contribution in [3.63, 3.8) is 0 Å². The van der Waals surface area contributed by atoms with Gasteiger partial charge in [0.25, 0.3) is 0 Å². The Morgan fingerprint density at radius 3 is 2.43 bits per heavy atom. The van der Waals surface area contributed by atoms with Crippen LogP contribution < -0.4 is 16.0 Å². The van der Waals surface area contributed by atoms with Crippen molar-refractivity contribution in [2.75, 3.05) is 18.4 Å². The monoisotopic (exact) mass is 351 g/mol. The molecular formula is C14H17ClF3N3O2. The molecule has 0 bridgehead atoms. The van der Waals surface area contributed by atoms with Crippen LogP contribution in [0.15, 0.2) is 18.2 Å². The van der Waals surface area contributed by atoms with Crippen LogP contribution in [0.25, 0.3) is 0 Å². The van der Waals surface area contributed by atoms with Crippen LogP contribution in [0.5, 0.6) is 0 Å². The Balaban J connectivity index is 2.52. The van der Waals surface area contributed by atoms with Crippen LogP contribution in [-0.4, -0.2) is 25.0 Å². The highest BCUT2D eigenvalue weighted by Crippen LogP contribution is 2.33. The molecule has 5 nitrogen and oxygen atoms in total. The van der Waals surface area contributed by atoms with Crippen LogP contribution in [0.1, 0.15) is 19.4 Å². The van der Waals surface area contributed by atoms with Crippen molar-refractivity contribution in [3.8, 4) is 0 Å². The molecule has 0 heterocycles. The molecule has 3 amide bonds. The first kappa shape index (κ1) is 19.1. The Morgan fingerprint density at radius 2 is 1.91 bits per heavy atom. The molecule has 0 saturated heterocycles. The molecule has 0 atom stereocenters. The minimum absolute atomic E-state index is 0.164. The molecular weight excluding hydrogens is 335 g/mol. The molecule has 1 aromatic rings. The molecule has 0 aromatic heterocycles. The number of imide groups is 1. The summed E-state index contributed by atoms with van der Waals surface area (Å²) in [4.78, 5) is 22.9. The smallest absolute Gasteiger partial charge is 0.375 e. The summed E-state index contributed by atoms with van der Waals surface area (Å²) in [7, 11) is 0. The third kappa shape index (κ3) is 6.77. The van der Waals surface area contributed by atoms with E-state index in [2.05, 4.69) is 16.0 Å². The molecule has 1 rings (SSSR count). The highest BCUT2D eigenvalue weighted by Gasteiger charge is 2.30.